The summed E-state index contributed by atoms with van der Waals surface area (Å²) in [6.45, 7) is 2.17. The van der Waals surface area contributed by atoms with Crippen LogP contribution in [0.3, 0.4) is 0 Å². The summed E-state index contributed by atoms with van der Waals surface area (Å²) < 4.78 is 16.4. The van der Waals surface area contributed by atoms with Crippen LogP contribution in [-0.4, -0.2) is 33.5 Å². The zero-order valence-electron chi connectivity index (χ0n) is 13.5. The van der Waals surface area contributed by atoms with Crippen LogP contribution in [0.15, 0.2) is 18.2 Å². The van der Waals surface area contributed by atoms with Crippen molar-refractivity contribution >= 4 is 0 Å². The van der Waals surface area contributed by atoms with Gasteiger partial charge in [0.15, 0.2) is 0 Å². The van der Waals surface area contributed by atoms with Gasteiger partial charge in [-0.1, -0.05) is 18.9 Å². The number of methoxy groups -OCH3 is 3. The number of hydrogen-bond acceptors (Lipinski definition) is 4. The van der Waals surface area contributed by atoms with Crippen LogP contribution in [0, 0.1) is 0 Å². The summed E-state index contributed by atoms with van der Waals surface area (Å²) >= 11 is 0. The molecule has 0 aromatic heterocycles. The molecule has 1 aromatic rings. The third-order valence-electron chi connectivity index (χ3n) is 4.38. The summed E-state index contributed by atoms with van der Waals surface area (Å²) in [6, 6.07) is 6.60. The minimum Gasteiger partial charge on any atom is -0.497 e. The summed E-state index contributed by atoms with van der Waals surface area (Å²) in [6.07, 6.45) is 5.15. The molecule has 1 fully saturated rings. The molecule has 0 bridgehead atoms. The molecule has 0 saturated heterocycles. The predicted molar refractivity (Wildman–Crippen MR) is 84.1 cm³/mol. The number of nitrogens with one attached hydrogen (secondary N) is 1. The van der Waals surface area contributed by atoms with Gasteiger partial charge in [-0.15, -0.1) is 0 Å². The first kappa shape index (κ1) is 16.1. The van der Waals surface area contributed by atoms with Gasteiger partial charge in [-0.2, -0.15) is 0 Å². The summed E-state index contributed by atoms with van der Waals surface area (Å²) in [5.74, 6) is 1.68. The Labute approximate surface area is 127 Å². The first-order chi connectivity index (χ1) is 10.2. The fourth-order valence-electron chi connectivity index (χ4n) is 3.16. The van der Waals surface area contributed by atoms with E-state index in [0.717, 1.165) is 23.5 Å². The largest absolute Gasteiger partial charge is 0.497 e. The maximum atomic E-state index is 5.62. The monoisotopic (exact) mass is 293 g/mol. The van der Waals surface area contributed by atoms with Crippen LogP contribution >= 0.6 is 0 Å². The van der Waals surface area contributed by atoms with E-state index in [1.165, 1.54) is 19.3 Å². The van der Waals surface area contributed by atoms with Crippen LogP contribution in [0.5, 0.6) is 11.5 Å². The average Bonchev–Trinajstić information content (AvgIpc) is 2.54. The van der Waals surface area contributed by atoms with E-state index < -0.39 is 0 Å². The van der Waals surface area contributed by atoms with E-state index in [4.69, 9.17) is 14.2 Å². The summed E-state index contributed by atoms with van der Waals surface area (Å²) in [4.78, 5) is 0. The van der Waals surface area contributed by atoms with Crippen molar-refractivity contribution in [2.24, 2.45) is 0 Å². The first-order valence-corrected chi connectivity index (χ1v) is 7.70. The molecule has 0 radical (unpaired) electrons. The molecule has 1 aromatic carbocycles. The molecule has 0 heterocycles. The quantitative estimate of drug-likeness (QED) is 0.873. The number of benzene rings is 1. The van der Waals surface area contributed by atoms with Gasteiger partial charge in [0.05, 0.1) is 20.3 Å². The highest BCUT2D eigenvalue weighted by Gasteiger charge is 2.26. The Hall–Kier alpha value is -1.26. The molecular weight excluding hydrogens is 266 g/mol. The lowest BCUT2D eigenvalue weighted by molar-refractivity contribution is 0.0383. The van der Waals surface area contributed by atoms with Gasteiger partial charge in [-0.25, -0.2) is 0 Å². The van der Waals surface area contributed by atoms with E-state index in [1.54, 1.807) is 14.2 Å². The van der Waals surface area contributed by atoms with E-state index >= 15 is 0 Å². The lowest BCUT2D eigenvalue weighted by Gasteiger charge is -2.33. The van der Waals surface area contributed by atoms with Gasteiger partial charge in [0.25, 0.3) is 0 Å². The van der Waals surface area contributed by atoms with Crippen molar-refractivity contribution in [3.63, 3.8) is 0 Å². The van der Waals surface area contributed by atoms with Gasteiger partial charge in [-0.05, 0) is 25.8 Å². The third-order valence-corrected chi connectivity index (χ3v) is 4.38. The predicted octanol–water partition coefficient (Wildman–Crippen LogP) is 3.31. The second-order valence-electron chi connectivity index (χ2n) is 5.66. The molecule has 21 heavy (non-hydrogen) atoms. The lowest BCUT2D eigenvalue weighted by atomic mass is 9.91. The van der Waals surface area contributed by atoms with Crippen LogP contribution in [-0.2, 0) is 4.74 Å². The smallest absolute Gasteiger partial charge is 0.127 e. The van der Waals surface area contributed by atoms with Crippen molar-refractivity contribution in [1.82, 2.24) is 5.32 Å². The second kappa shape index (κ2) is 7.66. The molecule has 1 aliphatic carbocycles. The normalized spacial score (nSPS) is 23.6. The van der Waals surface area contributed by atoms with Crippen LogP contribution in [0.25, 0.3) is 0 Å². The van der Waals surface area contributed by atoms with Crippen molar-refractivity contribution in [3.8, 4) is 11.5 Å². The maximum Gasteiger partial charge on any atom is 0.127 e. The minimum absolute atomic E-state index is 0.214. The molecule has 1 aliphatic rings. The van der Waals surface area contributed by atoms with Gasteiger partial charge in [-0.3, -0.25) is 0 Å². The van der Waals surface area contributed by atoms with Gasteiger partial charge < -0.3 is 19.5 Å². The third kappa shape index (κ3) is 3.89. The Morgan fingerprint density at radius 1 is 1.10 bits per heavy atom. The molecule has 0 amide bonds. The van der Waals surface area contributed by atoms with Gasteiger partial charge >= 0.3 is 0 Å². The highest BCUT2D eigenvalue weighted by molar-refractivity contribution is 5.42. The van der Waals surface area contributed by atoms with Crippen LogP contribution in [0.4, 0.5) is 0 Å². The summed E-state index contributed by atoms with van der Waals surface area (Å²) in [5, 5.41) is 3.70. The minimum atomic E-state index is 0.214. The Kier molecular flexibility index (Phi) is 5.88. The molecule has 3 unspecified atom stereocenters. The van der Waals surface area contributed by atoms with E-state index in [2.05, 4.69) is 18.3 Å². The highest BCUT2D eigenvalue weighted by atomic mass is 16.5. The van der Waals surface area contributed by atoms with E-state index in [1.807, 2.05) is 19.2 Å². The molecule has 1 saturated carbocycles. The van der Waals surface area contributed by atoms with Crippen molar-refractivity contribution < 1.29 is 14.2 Å². The molecule has 0 spiro atoms. The second-order valence-corrected chi connectivity index (χ2v) is 5.66. The van der Waals surface area contributed by atoms with Crippen molar-refractivity contribution in [3.05, 3.63) is 23.8 Å². The van der Waals surface area contributed by atoms with E-state index in [9.17, 15) is 0 Å². The molecule has 0 aliphatic heterocycles. The van der Waals surface area contributed by atoms with E-state index in [0.29, 0.717) is 12.1 Å². The molecule has 4 heteroatoms. The summed E-state index contributed by atoms with van der Waals surface area (Å²) in [7, 11) is 5.17. The van der Waals surface area contributed by atoms with Crippen molar-refractivity contribution in [2.45, 2.75) is 50.8 Å². The van der Waals surface area contributed by atoms with Crippen molar-refractivity contribution in [2.75, 3.05) is 21.3 Å². The molecule has 4 nitrogen and oxygen atoms in total. The first-order valence-electron chi connectivity index (χ1n) is 7.70. The molecule has 118 valence electrons. The number of rotatable bonds is 6. The average molecular weight is 293 g/mol. The Morgan fingerprint density at radius 2 is 1.86 bits per heavy atom. The number of hydrogen-bond donors (Lipinski definition) is 1. The zero-order chi connectivity index (χ0) is 15.2. The topological polar surface area (TPSA) is 39.7 Å². The summed E-state index contributed by atoms with van der Waals surface area (Å²) in [5.41, 5.74) is 1.15. The standard InChI is InChI=1S/C17H27NO3/c1-12(18-15-7-5-6-8-16(15)20-3)14-10-9-13(19-2)11-17(14)21-4/h9-12,15-16,18H,5-8H2,1-4H3. The Morgan fingerprint density at radius 3 is 2.52 bits per heavy atom. The molecule has 1 N–H and O–H groups in total. The van der Waals surface area contributed by atoms with Crippen LogP contribution in [0.1, 0.15) is 44.2 Å². The van der Waals surface area contributed by atoms with Crippen LogP contribution < -0.4 is 14.8 Å². The Balaban J connectivity index is 2.10. The van der Waals surface area contributed by atoms with E-state index in [-0.39, 0.29) is 6.04 Å². The van der Waals surface area contributed by atoms with Gasteiger partial charge in [0.2, 0.25) is 0 Å². The number of ether oxygens (including phenoxy) is 3. The molecule has 3 atom stereocenters. The zero-order valence-corrected chi connectivity index (χ0v) is 13.5. The highest BCUT2D eigenvalue weighted by Crippen LogP contribution is 2.31. The Bertz CT molecular complexity index is 450. The van der Waals surface area contributed by atoms with Crippen molar-refractivity contribution in [1.29, 1.82) is 0 Å². The fourth-order valence-corrected chi connectivity index (χ4v) is 3.16. The van der Waals surface area contributed by atoms with Gasteiger partial charge in [0.1, 0.15) is 11.5 Å². The SMILES string of the molecule is COc1ccc(C(C)NC2CCCCC2OC)c(OC)c1. The molecular formula is C17H27NO3. The van der Waals surface area contributed by atoms with Crippen LogP contribution in [0.2, 0.25) is 0 Å². The molecule has 2 rings (SSSR count). The lowest BCUT2D eigenvalue weighted by Crippen LogP contribution is -2.44. The van der Waals surface area contributed by atoms with Gasteiger partial charge in [0, 0.05) is 30.8 Å². The fraction of sp³-hybridized carbons (Fsp3) is 0.647. The maximum absolute atomic E-state index is 5.62.